The zero-order valence-electron chi connectivity index (χ0n) is 18.6. The number of nitrogens with one attached hydrogen (secondary N) is 1. The van der Waals surface area contributed by atoms with Crippen LogP contribution in [-0.2, 0) is 17.4 Å². The molecule has 8 nitrogen and oxygen atoms in total. The van der Waals surface area contributed by atoms with Crippen molar-refractivity contribution in [2.75, 3.05) is 23.9 Å². The van der Waals surface area contributed by atoms with Crippen molar-refractivity contribution in [3.8, 4) is 5.75 Å². The van der Waals surface area contributed by atoms with Crippen LogP contribution in [-0.4, -0.2) is 51.8 Å². The number of aliphatic hydroxyl groups excluding tert-OH is 1. The van der Waals surface area contributed by atoms with E-state index in [-0.39, 0.29) is 35.6 Å². The average molecular weight is 530 g/mol. The van der Waals surface area contributed by atoms with Gasteiger partial charge in [0.2, 0.25) is 5.91 Å². The lowest BCUT2D eigenvalue weighted by molar-refractivity contribution is -0.141. The van der Waals surface area contributed by atoms with Gasteiger partial charge in [-0.1, -0.05) is 29.7 Å². The van der Waals surface area contributed by atoms with Gasteiger partial charge >= 0.3 is 6.18 Å². The minimum Gasteiger partial charge on any atom is -0.492 e. The molecule has 2 aromatic heterocycles. The monoisotopic (exact) mass is 529 g/mol. The fourth-order valence-electron chi connectivity index (χ4n) is 4.44. The summed E-state index contributed by atoms with van der Waals surface area (Å²) < 4.78 is 43.4. The van der Waals surface area contributed by atoms with Crippen LogP contribution in [0.5, 0.6) is 5.75 Å². The molecular formula is C26H42F3N5O3. The van der Waals surface area contributed by atoms with Crippen LogP contribution < -0.4 is 15.0 Å². The zero-order valence-corrected chi connectivity index (χ0v) is 18.6. The van der Waals surface area contributed by atoms with Crippen molar-refractivity contribution in [3.05, 3.63) is 35.5 Å². The number of pyridine rings is 1. The summed E-state index contributed by atoms with van der Waals surface area (Å²) in [7, 11) is 1.73. The molecule has 210 valence electrons. The zero-order chi connectivity index (χ0) is 23.9. The van der Waals surface area contributed by atoms with Crippen molar-refractivity contribution in [1.29, 1.82) is 0 Å². The Labute approximate surface area is 218 Å². The summed E-state index contributed by atoms with van der Waals surface area (Å²) in [5.41, 5.74) is 0.297. The van der Waals surface area contributed by atoms with Gasteiger partial charge in [0.25, 0.3) is 0 Å². The second kappa shape index (κ2) is 13.0. The molecule has 2 N–H and O–H groups in total. The minimum atomic E-state index is -4.46. The normalized spacial score (nSPS) is 20.9. The van der Waals surface area contributed by atoms with E-state index in [2.05, 4.69) is 20.3 Å². The number of rotatable bonds is 6. The van der Waals surface area contributed by atoms with E-state index in [0.29, 0.717) is 53.6 Å². The molecule has 3 heterocycles. The Balaban J connectivity index is 0.00000324. The third-order valence-electron chi connectivity index (χ3n) is 6.16. The molecular weight excluding hydrogens is 487 g/mol. The van der Waals surface area contributed by atoms with E-state index in [0.717, 1.165) is 25.1 Å². The average Bonchev–Trinajstić information content (AvgIpc) is 2.70. The van der Waals surface area contributed by atoms with Gasteiger partial charge in [-0.25, -0.2) is 15.0 Å². The van der Waals surface area contributed by atoms with E-state index in [1.165, 1.54) is 6.07 Å². The molecule has 4 rings (SSSR count). The summed E-state index contributed by atoms with van der Waals surface area (Å²) in [6, 6.07) is 1.48. The molecule has 1 aliphatic heterocycles. The second-order valence-corrected chi connectivity index (χ2v) is 8.80. The van der Waals surface area contributed by atoms with Crippen LogP contribution in [0.1, 0.15) is 66.7 Å². The molecule has 1 fully saturated rings. The summed E-state index contributed by atoms with van der Waals surface area (Å²) in [6.45, 7) is 3.80. The molecule has 0 bridgehead atoms. The number of aryl methyl sites for hydroxylation is 1. The van der Waals surface area contributed by atoms with Crippen LogP contribution in [0.4, 0.5) is 24.7 Å². The largest absolute Gasteiger partial charge is 0.492 e. The van der Waals surface area contributed by atoms with Crippen molar-refractivity contribution >= 4 is 17.4 Å². The molecule has 2 aromatic rings. The standard InChI is InChI=1S/C22H26F3N5O3.4CH4/c1-11-18-20(30(3)19(12(2)31)21(32)29-18)28-17(27-11)8-13-6-14(7-13)10-33-15-4-5-16(26-9-15)22(23,24)25;;;;/h4-5,9,12-14,19,31H,6-8,10H2,1-3H3,(H,29,32);4*1H4/t12-,13?,14?,19?;;;;/m1..../s1. The van der Waals surface area contributed by atoms with Gasteiger partial charge < -0.3 is 20.1 Å². The second-order valence-electron chi connectivity index (χ2n) is 8.80. The topological polar surface area (TPSA) is 100 Å². The fraction of sp³-hybridized carbons (Fsp3) is 0.615. The lowest BCUT2D eigenvalue weighted by atomic mass is 9.73. The molecule has 0 saturated heterocycles. The molecule has 2 atom stereocenters. The molecule has 0 spiro atoms. The Kier molecular flexibility index (Phi) is 12.0. The molecule has 1 unspecified atom stereocenters. The van der Waals surface area contributed by atoms with Crippen LogP contribution in [0, 0.1) is 18.8 Å². The number of fused-ring (bicyclic) bond motifs is 1. The Morgan fingerprint density at radius 1 is 1.16 bits per heavy atom. The van der Waals surface area contributed by atoms with Crippen LogP contribution in [0.2, 0.25) is 0 Å². The minimum absolute atomic E-state index is 0. The first-order valence-electron chi connectivity index (χ1n) is 10.8. The third kappa shape index (κ3) is 7.30. The number of alkyl halides is 3. The summed E-state index contributed by atoms with van der Waals surface area (Å²) in [4.78, 5) is 26.6. The number of hydrogen-bond donors (Lipinski definition) is 2. The maximum atomic E-state index is 12.6. The predicted molar refractivity (Wildman–Crippen MR) is 141 cm³/mol. The molecule has 1 saturated carbocycles. The van der Waals surface area contributed by atoms with Crippen molar-refractivity contribution < 1.29 is 27.8 Å². The number of likely N-dealkylation sites (N-methyl/N-ethyl adjacent to an activating group) is 1. The number of aromatic nitrogens is 3. The first-order valence-corrected chi connectivity index (χ1v) is 10.8. The van der Waals surface area contributed by atoms with Crippen molar-refractivity contribution in [1.82, 2.24) is 15.0 Å². The van der Waals surface area contributed by atoms with E-state index in [9.17, 15) is 23.1 Å². The van der Waals surface area contributed by atoms with Gasteiger partial charge in [0.1, 0.15) is 29.0 Å². The quantitative estimate of drug-likeness (QED) is 0.508. The highest BCUT2D eigenvalue weighted by atomic mass is 19.4. The van der Waals surface area contributed by atoms with Gasteiger partial charge in [0, 0.05) is 13.5 Å². The predicted octanol–water partition coefficient (Wildman–Crippen LogP) is 5.53. The van der Waals surface area contributed by atoms with Crippen LogP contribution in [0.3, 0.4) is 0 Å². The molecule has 37 heavy (non-hydrogen) atoms. The van der Waals surface area contributed by atoms with E-state index < -0.39 is 24.0 Å². The molecule has 0 aromatic carbocycles. The summed E-state index contributed by atoms with van der Waals surface area (Å²) >= 11 is 0. The number of nitrogens with zero attached hydrogens (tertiary/aromatic N) is 4. The van der Waals surface area contributed by atoms with E-state index >= 15 is 0 Å². The van der Waals surface area contributed by atoms with E-state index in [1.807, 2.05) is 6.92 Å². The smallest absolute Gasteiger partial charge is 0.433 e. The Morgan fingerprint density at radius 2 is 1.81 bits per heavy atom. The van der Waals surface area contributed by atoms with Crippen molar-refractivity contribution in [3.63, 3.8) is 0 Å². The lowest BCUT2D eigenvalue weighted by Gasteiger charge is -2.37. The van der Waals surface area contributed by atoms with Gasteiger partial charge in [0.05, 0.1) is 24.6 Å². The van der Waals surface area contributed by atoms with Crippen LogP contribution in [0.15, 0.2) is 18.3 Å². The molecule has 2 aliphatic rings. The maximum Gasteiger partial charge on any atom is 0.433 e. The maximum absolute atomic E-state index is 12.6. The number of amides is 1. The SMILES string of the molecule is C.C.C.C.Cc1nc(CC2CC(COc3ccc(C(F)(F)F)nc3)C2)nc2c1NC(=O)C([C@@H](C)O)N2C. The first kappa shape index (κ1) is 34.0. The van der Waals surface area contributed by atoms with Crippen molar-refractivity contribution in [2.24, 2.45) is 11.8 Å². The molecule has 1 aliphatic carbocycles. The van der Waals surface area contributed by atoms with Crippen LogP contribution in [0.25, 0.3) is 0 Å². The highest BCUT2D eigenvalue weighted by Gasteiger charge is 2.37. The highest BCUT2D eigenvalue weighted by Crippen LogP contribution is 2.38. The fourth-order valence-corrected chi connectivity index (χ4v) is 4.44. The van der Waals surface area contributed by atoms with E-state index in [1.54, 1.807) is 18.9 Å². The number of halogens is 3. The Hall–Kier alpha value is -2.95. The van der Waals surface area contributed by atoms with E-state index in [4.69, 9.17) is 4.74 Å². The van der Waals surface area contributed by atoms with Gasteiger partial charge in [-0.3, -0.25) is 4.79 Å². The summed E-state index contributed by atoms with van der Waals surface area (Å²) in [5.74, 6) is 1.98. The number of carbonyl (C=O) groups excluding carboxylic acids is 1. The highest BCUT2D eigenvalue weighted by molar-refractivity contribution is 6.03. The van der Waals surface area contributed by atoms with Gasteiger partial charge in [0.15, 0.2) is 5.82 Å². The number of ether oxygens (including phenoxy) is 1. The van der Waals surface area contributed by atoms with Crippen molar-refractivity contribution in [2.45, 2.75) is 81.1 Å². The Morgan fingerprint density at radius 3 is 2.35 bits per heavy atom. The number of carbonyl (C=O) groups is 1. The summed E-state index contributed by atoms with van der Waals surface area (Å²) in [6.07, 6.45) is -1.75. The first-order chi connectivity index (χ1) is 15.5. The lowest BCUT2D eigenvalue weighted by Crippen LogP contribution is -2.52. The van der Waals surface area contributed by atoms with Gasteiger partial charge in [-0.05, 0) is 50.7 Å². The summed E-state index contributed by atoms with van der Waals surface area (Å²) in [5, 5.41) is 12.8. The molecule has 1 amide bonds. The van der Waals surface area contributed by atoms with Gasteiger partial charge in [-0.2, -0.15) is 13.2 Å². The Bertz CT molecular complexity index is 1030. The number of hydrogen-bond acceptors (Lipinski definition) is 7. The molecule has 0 radical (unpaired) electrons. The molecule has 11 heteroatoms. The number of aliphatic hydroxyl groups is 1. The van der Waals surface area contributed by atoms with Gasteiger partial charge in [-0.15, -0.1) is 0 Å². The number of anilines is 2. The van der Waals surface area contributed by atoms with Crippen LogP contribution >= 0.6 is 0 Å². The third-order valence-corrected chi connectivity index (χ3v) is 6.16.